The molecule has 0 bridgehead atoms. The van der Waals surface area contributed by atoms with Crippen LogP contribution in [0.2, 0.25) is 0 Å². The number of nitriles is 1. The van der Waals surface area contributed by atoms with Gasteiger partial charge < -0.3 is 5.32 Å². The Labute approximate surface area is 114 Å². The van der Waals surface area contributed by atoms with Crippen LogP contribution in [0.25, 0.3) is 0 Å². The van der Waals surface area contributed by atoms with Crippen molar-refractivity contribution in [2.45, 2.75) is 13.1 Å². The monoisotopic (exact) mass is 276 g/mol. The van der Waals surface area contributed by atoms with Crippen molar-refractivity contribution in [1.29, 1.82) is 5.26 Å². The topological polar surface area (TPSA) is 35.8 Å². The Kier molecular flexibility index (Phi) is 3.66. The number of aryl methyl sites for hydroxylation is 1. The van der Waals surface area contributed by atoms with Crippen molar-refractivity contribution in [3.63, 3.8) is 0 Å². The largest absolute Gasteiger partial charge is 0.416 e. The number of hydrogen-bond acceptors (Lipinski definition) is 2. The Balaban J connectivity index is 2.28. The van der Waals surface area contributed by atoms with Crippen molar-refractivity contribution in [3.8, 4) is 6.07 Å². The molecule has 0 amide bonds. The van der Waals surface area contributed by atoms with E-state index in [1.807, 2.05) is 6.07 Å². The van der Waals surface area contributed by atoms with E-state index in [0.717, 1.165) is 6.07 Å². The summed E-state index contributed by atoms with van der Waals surface area (Å²) in [4.78, 5) is 0. The van der Waals surface area contributed by atoms with Crippen LogP contribution in [0.3, 0.4) is 0 Å². The molecule has 0 aromatic heterocycles. The van der Waals surface area contributed by atoms with Crippen LogP contribution in [-0.4, -0.2) is 0 Å². The van der Waals surface area contributed by atoms with Crippen LogP contribution in [-0.2, 0) is 6.18 Å². The molecule has 0 unspecified atom stereocenters. The van der Waals surface area contributed by atoms with E-state index < -0.39 is 11.7 Å². The summed E-state index contributed by atoms with van der Waals surface area (Å²) in [5.74, 6) is 0. The summed E-state index contributed by atoms with van der Waals surface area (Å²) >= 11 is 0. The number of hydrogen-bond donors (Lipinski definition) is 1. The van der Waals surface area contributed by atoms with Gasteiger partial charge in [0.25, 0.3) is 0 Å². The highest BCUT2D eigenvalue weighted by molar-refractivity contribution is 5.62. The van der Waals surface area contributed by atoms with E-state index >= 15 is 0 Å². The number of nitrogens with one attached hydrogen (secondary N) is 1. The number of benzene rings is 2. The number of rotatable bonds is 2. The second-order valence-corrected chi connectivity index (χ2v) is 4.34. The zero-order valence-corrected chi connectivity index (χ0v) is 10.6. The summed E-state index contributed by atoms with van der Waals surface area (Å²) in [5.41, 5.74) is 1.00. The zero-order valence-electron chi connectivity index (χ0n) is 10.6. The van der Waals surface area contributed by atoms with Gasteiger partial charge in [-0.05, 0) is 48.9 Å². The van der Waals surface area contributed by atoms with E-state index in [-0.39, 0.29) is 5.56 Å². The zero-order chi connectivity index (χ0) is 14.8. The predicted molar refractivity (Wildman–Crippen MR) is 70.6 cm³/mol. The number of nitrogens with zero attached hydrogens (tertiary/aromatic N) is 1. The maximum Gasteiger partial charge on any atom is 0.416 e. The van der Waals surface area contributed by atoms with Gasteiger partial charge in [-0.1, -0.05) is 6.07 Å². The van der Waals surface area contributed by atoms with Gasteiger partial charge in [0, 0.05) is 11.4 Å². The highest BCUT2D eigenvalue weighted by Crippen LogP contribution is 2.34. The van der Waals surface area contributed by atoms with E-state index in [1.165, 1.54) is 13.0 Å². The van der Waals surface area contributed by atoms with Gasteiger partial charge in [0.2, 0.25) is 0 Å². The van der Waals surface area contributed by atoms with Crippen LogP contribution < -0.4 is 5.32 Å². The molecule has 0 fully saturated rings. The number of anilines is 2. The first kappa shape index (κ1) is 13.9. The summed E-state index contributed by atoms with van der Waals surface area (Å²) in [5, 5.41) is 11.6. The molecule has 0 spiro atoms. The summed E-state index contributed by atoms with van der Waals surface area (Å²) in [6.45, 7) is 1.42. The molecule has 0 aliphatic carbocycles. The summed E-state index contributed by atoms with van der Waals surface area (Å²) in [7, 11) is 0. The average molecular weight is 276 g/mol. The summed E-state index contributed by atoms with van der Waals surface area (Å²) < 4.78 is 38.4. The third-order valence-electron chi connectivity index (χ3n) is 2.85. The molecule has 0 radical (unpaired) electrons. The van der Waals surface area contributed by atoms with E-state index in [0.29, 0.717) is 16.9 Å². The Morgan fingerprint density at radius 2 is 1.60 bits per heavy atom. The molecule has 2 aromatic rings. The second-order valence-electron chi connectivity index (χ2n) is 4.34. The smallest absolute Gasteiger partial charge is 0.356 e. The molecule has 102 valence electrons. The Bertz CT molecular complexity index is 652. The van der Waals surface area contributed by atoms with Crippen LogP contribution in [0, 0.1) is 18.3 Å². The van der Waals surface area contributed by atoms with Crippen LogP contribution in [0.4, 0.5) is 24.5 Å². The van der Waals surface area contributed by atoms with Crippen molar-refractivity contribution in [2.24, 2.45) is 0 Å². The third-order valence-corrected chi connectivity index (χ3v) is 2.85. The van der Waals surface area contributed by atoms with Crippen LogP contribution in [0.1, 0.15) is 16.7 Å². The van der Waals surface area contributed by atoms with Gasteiger partial charge in [-0.2, -0.15) is 18.4 Å². The van der Waals surface area contributed by atoms with Crippen molar-refractivity contribution >= 4 is 11.4 Å². The lowest BCUT2D eigenvalue weighted by Gasteiger charge is -2.13. The summed E-state index contributed by atoms with van der Waals surface area (Å²) in [6.07, 6.45) is -4.37. The molecule has 5 heteroatoms. The minimum atomic E-state index is -4.37. The second kappa shape index (κ2) is 5.25. The highest BCUT2D eigenvalue weighted by Gasteiger charge is 2.32. The van der Waals surface area contributed by atoms with E-state index in [9.17, 15) is 13.2 Å². The minimum absolute atomic E-state index is 0.183. The SMILES string of the molecule is Cc1ccc(Nc2ccc(C#N)cc2)cc1C(F)(F)F. The lowest BCUT2D eigenvalue weighted by molar-refractivity contribution is -0.138. The van der Waals surface area contributed by atoms with Gasteiger partial charge in [-0.3, -0.25) is 0 Å². The molecule has 0 atom stereocenters. The molecule has 20 heavy (non-hydrogen) atoms. The Hall–Kier alpha value is -2.48. The molecule has 0 heterocycles. The molecule has 0 saturated carbocycles. The molecule has 0 saturated heterocycles. The first-order valence-electron chi connectivity index (χ1n) is 5.85. The maximum atomic E-state index is 12.8. The van der Waals surface area contributed by atoms with Crippen LogP contribution in [0.5, 0.6) is 0 Å². The van der Waals surface area contributed by atoms with Gasteiger partial charge in [-0.25, -0.2) is 0 Å². The van der Waals surface area contributed by atoms with Crippen LogP contribution in [0.15, 0.2) is 42.5 Å². The van der Waals surface area contributed by atoms with Crippen molar-refractivity contribution in [2.75, 3.05) is 5.32 Å². The third kappa shape index (κ3) is 3.09. The predicted octanol–water partition coefficient (Wildman–Crippen LogP) is 4.63. The molecular weight excluding hydrogens is 265 g/mol. The molecule has 2 aromatic carbocycles. The van der Waals surface area contributed by atoms with Crippen LogP contribution >= 0.6 is 0 Å². The van der Waals surface area contributed by atoms with Gasteiger partial charge in [0.15, 0.2) is 0 Å². The quantitative estimate of drug-likeness (QED) is 0.868. The van der Waals surface area contributed by atoms with Gasteiger partial charge in [0.05, 0.1) is 17.2 Å². The lowest BCUT2D eigenvalue weighted by atomic mass is 10.1. The molecule has 2 rings (SSSR count). The van der Waals surface area contributed by atoms with Gasteiger partial charge in [-0.15, -0.1) is 0 Å². The van der Waals surface area contributed by atoms with Crippen molar-refractivity contribution < 1.29 is 13.2 Å². The molecule has 1 N–H and O–H groups in total. The van der Waals surface area contributed by atoms with Crippen molar-refractivity contribution in [1.82, 2.24) is 0 Å². The van der Waals surface area contributed by atoms with E-state index in [4.69, 9.17) is 5.26 Å². The fraction of sp³-hybridized carbons (Fsp3) is 0.133. The molecule has 2 nitrogen and oxygen atoms in total. The standard InChI is InChI=1S/C15H11F3N2/c1-10-2-5-13(8-14(10)15(16,17)18)20-12-6-3-11(9-19)4-7-12/h2-8,20H,1H3. The summed E-state index contributed by atoms with van der Waals surface area (Å²) in [6, 6.07) is 12.6. The Morgan fingerprint density at radius 1 is 1.00 bits per heavy atom. The highest BCUT2D eigenvalue weighted by atomic mass is 19.4. The Morgan fingerprint density at radius 3 is 2.15 bits per heavy atom. The lowest BCUT2D eigenvalue weighted by Crippen LogP contribution is -2.08. The fourth-order valence-electron chi connectivity index (χ4n) is 1.80. The number of halogens is 3. The average Bonchev–Trinajstić information content (AvgIpc) is 2.40. The van der Waals surface area contributed by atoms with Gasteiger partial charge >= 0.3 is 6.18 Å². The molecule has 0 aliphatic rings. The minimum Gasteiger partial charge on any atom is -0.356 e. The maximum absolute atomic E-state index is 12.8. The number of alkyl halides is 3. The van der Waals surface area contributed by atoms with Crippen molar-refractivity contribution in [3.05, 3.63) is 59.2 Å². The first-order valence-corrected chi connectivity index (χ1v) is 5.85. The fourth-order valence-corrected chi connectivity index (χ4v) is 1.80. The first-order chi connectivity index (χ1) is 9.40. The molecule has 0 aliphatic heterocycles. The van der Waals surface area contributed by atoms with E-state index in [1.54, 1.807) is 30.3 Å². The normalized spacial score (nSPS) is 10.9. The van der Waals surface area contributed by atoms with E-state index in [2.05, 4.69) is 5.32 Å². The van der Waals surface area contributed by atoms with Gasteiger partial charge in [0.1, 0.15) is 0 Å². The molecular formula is C15H11F3N2.